The number of carbonyl (C=O) groups is 1. The summed E-state index contributed by atoms with van der Waals surface area (Å²) in [6.07, 6.45) is 3.30. The molecule has 0 fully saturated rings. The van der Waals surface area contributed by atoms with Crippen LogP contribution < -0.4 is 0 Å². The topological polar surface area (TPSA) is 77.0 Å². The second-order valence-corrected chi connectivity index (χ2v) is 4.59. The molecular formula is C7H8N2O3S. The Morgan fingerprint density at radius 1 is 1.31 bits per heavy atom. The van der Waals surface area contributed by atoms with E-state index in [0.29, 0.717) is 0 Å². The van der Waals surface area contributed by atoms with Gasteiger partial charge < -0.3 is 0 Å². The third-order valence-corrected chi connectivity index (χ3v) is 2.44. The fourth-order valence-corrected chi connectivity index (χ4v) is 1.18. The summed E-state index contributed by atoms with van der Waals surface area (Å²) >= 11 is 0. The SMILES string of the molecule is CC(=O)c1ncc(S(C)(=O)=O)cn1. The molecule has 1 aromatic heterocycles. The maximum absolute atomic E-state index is 10.9. The Kier molecular flexibility index (Phi) is 2.42. The monoisotopic (exact) mass is 200 g/mol. The van der Waals surface area contributed by atoms with E-state index >= 15 is 0 Å². The Bertz CT molecular complexity index is 422. The fraction of sp³-hybridized carbons (Fsp3) is 0.286. The predicted octanol–water partition coefficient (Wildman–Crippen LogP) is 0.0827. The molecule has 0 aromatic carbocycles. The first-order valence-corrected chi connectivity index (χ1v) is 5.33. The number of carbonyl (C=O) groups excluding carboxylic acids is 1. The van der Waals surface area contributed by atoms with E-state index in [1.807, 2.05) is 0 Å². The Labute approximate surface area is 75.8 Å². The number of hydrogen-bond acceptors (Lipinski definition) is 5. The molecule has 0 aliphatic rings. The third-order valence-electron chi connectivity index (χ3n) is 1.37. The maximum Gasteiger partial charge on any atom is 0.196 e. The van der Waals surface area contributed by atoms with E-state index in [2.05, 4.69) is 9.97 Å². The zero-order chi connectivity index (χ0) is 10.1. The average Bonchev–Trinajstić information content (AvgIpc) is 2.03. The van der Waals surface area contributed by atoms with Gasteiger partial charge in [-0.15, -0.1) is 0 Å². The molecule has 1 aromatic rings. The molecule has 0 saturated carbocycles. The Hall–Kier alpha value is -1.30. The van der Waals surface area contributed by atoms with E-state index in [-0.39, 0.29) is 16.5 Å². The molecule has 70 valence electrons. The summed E-state index contributed by atoms with van der Waals surface area (Å²) < 4.78 is 21.9. The molecule has 1 rings (SSSR count). The van der Waals surface area contributed by atoms with Gasteiger partial charge >= 0.3 is 0 Å². The zero-order valence-electron chi connectivity index (χ0n) is 7.18. The predicted molar refractivity (Wildman–Crippen MR) is 45.1 cm³/mol. The van der Waals surface area contributed by atoms with Crippen molar-refractivity contribution in [2.45, 2.75) is 11.8 Å². The highest BCUT2D eigenvalue weighted by Gasteiger charge is 2.09. The molecule has 13 heavy (non-hydrogen) atoms. The second-order valence-electron chi connectivity index (χ2n) is 2.57. The van der Waals surface area contributed by atoms with Gasteiger partial charge in [-0.25, -0.2) is 18.4 Å². The first kappa shape index (κ1) is 9.79. The number of nitrogens with zero attached hydrogens (tertiary/aromatic N) is 2. The smallest absolute Gasteiger partial charge is 0.196 e. The molecule has 0 amide bonds. The molecule has 5 nitrogen and oxygen atoms in total. The van der Waals surface area contributed by atoms with Crippen molar-refractivity contribution < 1.29 is 13.2 Å². The number of sulfone groups is 1. The number of aromatic nitrogens is 2. The van der Waals surface area contributed by atoms with Gasteiger partial charge in [0.2, 0.25) is 0 Å². The number of hydrogen-bond donors (Lipinski definition) is 0. The van der Waals surface area contributed by atoms with E-state index in [1.54, 1.807) is 0 Å². The van der Waals surface area contributed by atoms with Crippen molar-refractivity contribution in [1.82, 2.24) is 9.97 Å². The van der Waals surface area contributed by atoms with E-state index in [4.69, 9.17) is 0 Å². The van der Waals surface area contributed by atoms with Gasteiger partial charge in [-0.2, -0.15) is 0 Å². The zero-order valence-corrected chi connectivity index (χ0v) is 8.00. The minimum Gasteiger partial charge on any atom is -0.291 e. The molecule has 0 radical (unpaired) electrons. The Morgan fingerprint density at radius 2 is 1.77 bits per heavy atom. The van der Waals surface area contributed by atoms with Crippen molar-refractivity contribution in [3.63, 3.8) is 0 Å². The van der Waals surface area contributed by atoms with Gasteiger partial charge in [-0.1, -0.05) is 0 Å². The van der Waals surface area contributed by atoms with Crippen molar-refractivity contribution in [2.24, 2.45) is 0 Å². The number of rotatable bonds is 2. The van der Waals surface area contributed by atoms with Crippen LogP contribution in [0, 0.1) is 0 Å². The average molecular weight is 200 g/mol. The number of Topliss-reactive ketones (excluding diaryl/α,β-unsaturated/α-hetero) is 1. The summed E-state index contributed by atoms with van der Waals surface area (Å²) in [7, 11) is -3.28. The minimum atomic E-state index is -3.28. The lowest BCUT2D eigenvalue weighted by molar-refractivity contribution is 0.100. The van der Waals surface area contributed by atoms with Crippen molar-refractivity contribution >= 4 is 15.6 Å². The molecule has 0 saturated heterocycles. The second kappa shape index (κ2) is 3.21. The first-order chi connectivity index (χ1) is 5.91. The summed E-state index contributed by atoms with van der Waals surface area (Å²) in [6, 6.07) is 0. The van der Waals surface area contributed by atoms with Crippen LogP contribution in [0.1, 0.15) is 17.5 Å². The highest BCUT2D eigenvalue weighted by Crippen LogP contribution is 2.04. The quantitative estimate of drug-likeness (QED) is 0.632. The molecular weight excluding hydrogens is 192 g/mol. The van der Waals surface area contributed by atoms with Crippen LogP contribution in [0.4, 0.5) is 0 Å². The third kappa shape index (κ3) is 2.32. The van der Waals surface area contributed by atoms with E-state index in [9.17, 15) is 13.2 Å². The Morgan fingerprint density at radius 3 is 2.08 bits per heavy atom. The molecule has 0 N–H and O–H groups in total. The lowest BCUT2D eigenvalue weighted by Crippen LogP contribution is -2.04. The lowest BCUT2D eigenvalue weighted by Gasteiger charge is -1.96. The van der Waals surface area contributed by atoms with Gasteiger partial charge in [-0.05, 0) is 0 Å². The molecule has 0 bridgehead atoms. The van der Waals surface area contributed by atoms with Crippen molar-refractivity contribution in [3.8, 4) is 0 Å². The van der Waals surface area contributed by atoms with Gasteiger partial charge in [0, 0.05) is 25.6 Å². The van der Waals surface area contributed by atoms with Crippen molar-refractivity contribution in [1.29, 1.82) is 0 Å². The van der Waals surface area contributed by atoms with Crippen LogP contribution in [0.15, 0.2) is 17.3 Å². The highest BCUT2D eigenvalue weighted by atomic mass is 32.2. The highest BCUT2D eigenvalue weighted by molar-refractivity contribution is 7.90. The summed E-state index contributed by atoms with van der Waals surface area (Å²) in [5.41, 5.74) is 0. The van der Waals surface area contributed by atoms with Crippen LogP contribution >= 0.6 is 0 Å². The van der Waals surface area contributed by atoms with Gasteiger partial charge in [0.05, 0.1) is 0 Å². The molecule has 0 unspecified atom stereocenters. The van der Waals surface area contributed by atoms with Crippen LogP contribution in [-0.2, 0) is 9.84 Å². The van der Waals surface area contributed by atoms with Gasteiger partial charge in [0.1, 0.15) is 4.90 Å². The largest absolute Gasteiger partial charge is 0.291 e. The first-order valence-electron chi connectivity index (χ1n) is 3.44. The van der Waals surface area contributed by atoms with Crippen molar-refractivity contribution in [2.75, 3.05) is 6.26 Å². The maximum atomic E-state index is 10.9. The normalized spacial score (nSPS) is 11.2. The van der Waals surface area contributed by atoms with E-state index < -0.39 is 9.84 Å². The standard InChI is InChI=1S/C7H8N2O3S/c1-5(10)7-8-3-6(4-9-7)13(2,11)12/h3-4H,1-2H3. The molecule has 6 heteroatoms. The lowest BCUT2D eigenvalue weighted by atomic mass is 10.4. The minimum absolute atomic E-state index is 0.0116. The van der Waals surface area contributed by atoms with Crippen LogP contribution in [0.5, 0.6) is 0 Å². The Balaban J connectivity index is 3.16. The molecule has 0 aliphatic heterocycles. The molecule has 0 spiro atoms. The summed E-state index contributed by atoms with van der Waals surface area (Å²) in [5, 5.41) is 0. The molecule has 1 heterocycles. The fourth-order valence-electron chi connectivity index (χ4n) is 0.689. The summed E-state index contributed by atoms with van der Waals surface area (Å²) in [5.74, 6) is -0.271. The number of ketones is 1. The van der Waals surface area contributed by atoms with Crippen LogP contribution in [0.3, 0.4) is 0 Å². The van der Waals surface area contributed by atoms with E-state index in [0.717, 1.165) is 18.6 Å². The van der Waals surface area contributed by atoms with Gasteiger partial charge in [-0.3, -0.25) is 4.79 Å². The van der Waals surface area contributed by atoms with Crippen molar-refractivity contribution in [3.05, 3.63) is 18.2 Å². The van der Waals surface area contributed by atoms with Crippen LogP contribution in [-0.4, -0.2) is 30.4 Å². The van der Waals surface area contributed by atoms with Gasteiger partial charge in [0.25, 0.3) is 0 Å². The summed E-state index contributed by atoms with van der Waals surface area (Å²) in [6.45, 7) is 1.31. The summed E-state index contributed by atoms with van der Waals surface area (Å²) in [4.78, 5) is 18.0. The molecule has 0 atom stereocenters. The molecule has 0 aliphatic carbocycles. The van der Waals surface area contributed by atoms with Crippen LogP contribution in [0.2, 0.25) is 0 Å². The van der Waals surface area contributed by atoms with E-state index in [1.165, 1.54) is 6.92 Å². The van der Waals surface area contributed by atoms with Crippen LogP contribution in [0.25, 0.3) is 0 Å². The van der Waals surface area contributed by atoms with Gasteiger partial charge in [0.15, 0.2) is 21.4 Å².